The van der Waals surface area contributed by atoms with Crippen LogP contribution in [0, 0.1) is 34.5 Å². The second-order valence-electron chi connectivity index (χ2n) is 26.9. The molecular weight excluding hydrogens is 1190 g/mol. The maximum Gasteiger partial charge on any atom is 0.362 e. The first-order valence-electron chi connectivity index (χ1n) is 31.7. The van der Waals surface area contributed by atoms with Gasteiger partial charge in [0.1, 0.15) is 60.1 Å². The molecule has 11 rings (SSSR count). The van der Waals surface area contributed by atoms with Crippen LogP contribution in [-0.2, 0) is 47.9 Å². The zero-order valence-electron chi connectivity index (χ0n) is 54.0. The highest BCUT2D eigenvalue weighted by molar-refractivity contribution is 7.85. The van der Waals surface area contributed by atoms with E-state index in [9.17, 15) is 27.6 Å². The molecule has 0 radical (unpaired) electrons. The molecule has 1 unspecified atom stereocenters. The van der Waals surface area contributed by atoms with Crippen molar-refractivity contribution in [2.24, 2.45) is 34.5 Å². The molecule has 8 atom stereocenters. The van der Waals surface area contributed by atoms with Crippen LogP contribution >= 0.6 is 0 Å². The van der Waals surface area contributed by atoms with Crippen molar-refractivity contribution in [3.05, 3.63) is 83.3 Å². The van der Waals surface area contributed by atoms with Gasteiger partial charge in [-0.3, -0.25) is 24.0 Å². The summed E-state index contributed by atoms with van der Waals surface area (Å²) in [6, 6.07) is 17.2. The van der Waals surface area contributed by atoms with E-state index in [0.717, 1.165) is 18.7 Å². The number of hydrogen-bond donors (Lipinski definition) is 4. The minimum atomic E-state index is -4.44. The van der Waals surface area contributed by atoms with Crippen LogP contribution in [0.3, 0.4) is 0 Å². The van der Waals surface area contributed by atoms with Crippen LogP contribution in [0.1, 0.15) is 127 Å². The normalized spacial score (nSPS) is 22.5. The summed E-state index contributed by atoms with van der Waals surface area (Å²) in [6.07, 6.45) is 7.15. The number of pyridine rings is 2. The van der Waals surface area contributed by atoms with Crippen LogP contribution < -0.4 is 35.0 Å². The standard InChI is InChI=1S/C48H66N6O11S.C18H22N4O3/c1-9-31-25-48(31,45(58)52-66(59,60)65-47(7)13-14-47)26-39(55)38-22-34(27-53(38)44(57)36(46(4,5)6)23-43(56)64-33-19-29-18-30(29)20-33)63-40-24-42(54-15-12-41(51-54)49-28(2)3)50-37-21-32(10-11-35(37)40)62-17-16-61-8;1-12(2)19-17-6-7-22(21-17)18-11-16(23)14-5-4-13(10-15(14)20-18)25-9-8-24-3/h10-12,15,21,24,28-31,33-34,36,38H,9,13-14,16-20,22-23,25-27H2,1-8H3,(H,49,51)(H,52,58);4-7,10-12H,8-9H2,1-3H3,(H,19,21)(H,20,23)/t29-,30+,31-,33?,34-,36-,38+,48-;/m1./s1. The molecule has 6 aromatic rings. The van der Waals surface area contributed by atoms with Gasteiger partial charge in [0.25, 0.3) is 0 Å². The van der Waals surface area contributed by atoms with E-state index in [1.54, 1.807) is 73.2 Å². The van der Waals surface area contributed by atoms with Crippen molar-refractivity contribution < 1.29 is 60.2 Å². The molecule has 4 aliphatic carbocycles. The van der Waals surface area contributed by atoms with Crippen molar-refractivity contribution in [1.29, 1.82) is 0 Å². The summed E-state index contributed by atoms with van der Waals surface area (Å²) in [5.74, 6) is 2.24. The zero-order valence-corrected chi connectivity index (χ0v) is 54.9. The van der Waals surface area contributed by atoms with Crippen molar-refractivity contribution in [1.82, 2.24) is 39.2 Å². The second kappa shape index (κ2) is 27.3. The molecule has 24 nitrogen and oxygen atoms in total. The molecule has 5 fully saturated rings. The predicted molar refractivity (Wildman–Crippen MR) is 342 cm³/mol. The topological polar surface area (TPSA) is 288 Å². The summed E-state index contributed by atoms with van der Waals surface area (Å²) >= 11 is 0. The average molecular weight is 1280 g/mol. The van der Waals surface area contributed by atoms with Crippen molar-refractivity contribution in [3.63, 3.8) is 0 Å². The third kappa shape index (κ3) is 16.4. The van der Waals surface area contributed by atoms with E-state index in [1.807, 2.05) is 85.7 Å². The maximum atomic E-state index is 15.1. The Hall–Kier alpha value is -7.61. The van der Waals surface area contributed by atoms with E-state index in [0.29, 0.717) is 120 Å². The van der Waals surface area contributed by atoms with Gasteiger partial charge in [0.2, 0.25) is 11.8 Å². The number of aromatic amines is 1. The molecule has 492 valence electrons. The number of Topliss-reactive ketones (excluding diaryl/α,β-unsaturated/α-hetero) is 1. The fraction of sp³-hybridized carbons (Fsp3) is 0.576. The lowest BCUT2D eigenvalue weighted by molar-refractivity contribution is -0.156. The minimum Gasteiger partial charge on any atom is -0.491 e. The number of H-pyrrole nitrogens is 1. The molecule has 4 aromatic heterocycles. The van der Waals surface area contributed by atoms with Gasteiger partial charge in [0.15, 0.2) is 17.0 Å². The van der Waals surface area contributed by atoms with Gasteiger partial charge >= 0.3 is 16.3 Å². The summed E-state index contributed by atoms with van der Waals surface area (Å²) in [5, 5.41) is 16.9. The van der Waals surface area contributed by atoms with Crippen LogP contribution in [-0.4, -0.2) is 150 Å². The summed E-state index contributed by atoms with van der Waals surface area (Å²) in [4.78, 5) is 79.5. The third-order valence-electron chi connectivity index (χ3n) is 17.7. The number of carbonyl (C=O) groups excluding carboxylic acids is 4. The van der Waals surface area contributed by atoms with Gasteiger partial charge in [-0.15, -0.1) is 10.2 Å². The molecule has 2 amide bonds. The molecule has 4 saturated carbocycles. The molecule has 5 heterocycles. The Morgan fingerprint density at radius 3 is 2.01 bits per heavy atom. The third-order valence-corrected chi connectivity index (χ3v) is 18.8. The van der Waals surface area contributed by atoms with Crippen molar-refractivity contribution >= 4 is 67.3 Å². The highest BCUT2D eigenvalue weighted by Crippen LogP contribution is 2.58. The first kappa shape index (κ1) is 66.3. The number of ether oxygens (including phenoxy) is 6. The van der Waals surface area contributed by atoms with Gasteiger partial charge in [-0.2, -0.15) is 8.42 Å². The number of hydrogen-bond acceptors (Lipinski definition) is 19. The molecule has 91 heavy (non-hydrogen) atoms. The number of aromatic nitrogens is 6. The first-order valence-corrected chi connectivity index (χ1v) is 33.1. The molecular formula is C66H88N10O14S. The molecule has 4 N–H and O–H groups in total. The summed E-state index contributed by atoms with van der Waals surface area (Å²) < 4.78 is 71.2. The number of ketones is 1. The van der Waals surface area contributed by atoms with Crippen LogP contribution in [0.5, 0.6) is 17.2 Å². The molecule has 1 saturated heterocycles. The monoisotopic (exact) mass is 1280 g/mol. The molecule has 0 spiro atoms. The number of rotatable bonds is 28. The van der Waals surface area contributed by atoms with E-state index in [2.05, 4.69) is 25.4 Å². The number of nitrogens with zero attached hydrogens (tertiary/aromatic N) is 6. The fourth-order valence-corrected chi connectivity index (χ4v) is 13.6. The highest BCUT2D eigenvalue weighted by Gasteiger charge is 2.62. The summed E-state index contributed by atoms with van der Waals surface area (Å²) in [5.41, 5.74) is -1.68. The first-order chi connectivity index (χ1) is 43.2. The Labute approximate surface area is 531 Å². The number of fused-ring (bicyclic) bond motifs is 3. The number of anilines is 2. The minimum absolute atomic E-state index is 0.00163. The number of methoxy groups -OCH3 is 2. The smallest absolute Gasteiger partial charge is 0.362 e. The fourth-order valence-electron chi connectivity index (χ4n) is 12.5. The summed E-state index contributed by atoms with van der Waals surface area (Å²) in [7, 11) is -1.22. The summed E-state index contributed by atoms with van der Waals surface area (Å²) in [6.45, 7) is 19.0. The number of nitrogens with one attached hydrogen (secondary N) is 4. The molecule has 0 bridgehead atoms. The number of benzene rings is 2. The lowest BCUT2D eigenvalue weighted by Gasteiger charge is -2.35. The van der Waals surface area contributed by atoms with E-state index in [1.165, 1.54) is 11.3 Å². The van der Waals surface area contributed by atoms with Gasteiger partial charge in [0, 0.05) is 98.7 Å². The number of likely N-dealkylation sites (tertiary alicyclic amines) is 1. The lowest BCUT2D eigenvalue weighted by atomic mass is 9.77. The largest absolute Gasteiger partial charge is 0.491 e. The van der Waals surface area contributed by atoms with Crippen molar-refractivity contribution in [2.75, 3.05) is 57.8 Å². The Bertz CT molecular complexity index is 3790. The number of esters is 1. The second-order valence-corrected chi connectivity index (χ2v) is 28.2. The Morgan fingerprint density at radius 1 is 0.780 bits per heavy atom. The quantitative estimate of drug-likeness (QED) is 0.0263. The predicted octanol–water partition coefficient (Wildman–Crippen LogP) is 8.87. The molecule has 5 aliphatic rings. The Kier molecular flexibility index (Phi) is 19.9. The average Bonchev–Trinajstić information content (AvgIpc) is 1.59. The zero-order chi connectivity index (χ0) is 65.2. The van der Waals surface area contributed by atoms with E-state index in [4.69, 9.17) is 42.7 Å². The van der Waals surface area contributed by atoms with Gasteiger partial charge < -0.3 is 48.9 Å². The number of carbonyl (C=O) groups is 4. The van der Waals surface area contributed by atoms with Crippen molar-refractivity contribution in [2.45, 2.75) is 162 Å². The maximum absolute atomic E-state index is 15.1. The van der Waals surface area contributed by atoms with E-state index >= 15 is 4.79 Å². The van der Waals surface area contributed by atoms with E-state index < -0.39 is 68.4 Å². The Morgan fingerprint density at radius 2 is 1.41 bits per heavy atom. The van der Waals surface area contributed by atoms with Gasteiger partial charge in [0.05, 0.1) is 60.2 Å². The van der Waals surface area contributed by atoms with Crippen LogP contribution in [0.25, 0.3) is 33.4 Å². The van der Waals surface area contributed by atoms with Crippen LogP contribution in [0.4, 0.5) is 11.6 Å². The molecule has 25 heteroatoms. The SMILES string of the molecule is CC[C@@H]1C[C@]1(CC(=O)[C@@H]1C[C@@H](Oc2cc(-n3ccc(NC(C)C)n3)nc3cc(OCCOC)ccc23)CN1C(=O)[C@@H](CC(=O)OC1C[C@@H]2C[C@@H]2C1)C(C)(C)C)C(=O)NS(=O)(=O)OC1(C)CC1.COCCOc1ccc2c(=O)cc(-n3ccc(NC(C)C)n3)[nH]c2c1. The van der Waals surface area contributed by atoms with E-state index in [-0.39, 0.29) is 55.3 Å². The van der Waals surface area contributed by atoms with Crippen LogP contribution in [0.2, 0.25) is 0 Å². The Balaban J connectivity index is 0.000000303. The van der Waals surface area contributed by atoms with Gasteiger partial charge in [-0.25, -0.2) is 23.3 Å². The number of amides is 2. The van der Waals surface area contributed by atoms with Crippen LogP contribution in [0.15, 0.2) is 77.9 Å². The highest BCUT2D eigenvalue weighted by atomic mass is 32.2. The van der Waals surface area contributed by atoms with Gasteiger partial charge in [-0.05, 0) is 121 Å². The van der Waals surface area contributed by atoms with Gasteiger partial charge in [-0.1, -0.05) is 34.1 Å². The molecule has 1 aliphatic heterocycles. The lowest BCUT2D eigenvalue weighted by Crippen LogP contribution is -2.48. The molecule has 2 aromatic carbocycles. The van der Waals surface area contributed by atoms with Crippen molar-refractivity contribution in [3.8, 4) is 28.9 Å².